The fraction of sp³-hybridized carbons (Fsp3) is 0.615. The summed E-state index contributed by atoms with van der Waals surface area (Å²) in [5.41, 5.74) is 0. The normalized spacial score (nSPS) is 20.0. The van der Waals surface area contributed by atoms with Crippen molar-refractivity contribution in [3.8, 4) is 0 Å². The molecule has 5 heteroatoms. The maximum Gasteiger partial charge on any atom is 0.237 e. The lowest BCUT2D eigenvalue weighted by Gasteiger charge is -2.38. The summed E-state index contributed by atoms with van der Waals surface area (Å²) in [6.07, 6.45) is 9.66. The van der Waals surface area contributed by atoms with E-state index in [9.17, 15) is 0 Å². The molecule has 0 saturated carbocycles. The van der Waals surface area contributed by atoms with Gasteiger partial charge in [0.05, 0.1) is 13.3 Å². The second-order valence-electron chi connectivity index (χ2n) is 4.50. The maximum atomic E-state index is 5.46. The van der Waals surface area contributed by atoms with Gasteiger partial charge in [-0.1, -0.05) is 13.8 Å². The SMILES string of the molecule is CCCN1CN=C(N2C=CC=CO2)N(CCC)C1. The number of hydrogen-bond donors (Lipinski definition) is 0. The Balaban J connectivity index is 2.06. The van der Waals surface area contributed by atoms with Crippen molar-refractivity contribution < 1.29 is 4.84 Å². The van der Waals surface area contributed by atoms with Gasteiger partial charge in [-0.3, -0.25) is 4.90 Å². The Morgan fingerprint density at radius 1 is 1.22 bits per heavy atom. The van der Waals surface area contributed by atoms with Gasteiger partial charge >= 0.3 is 0 Å². The zero-order valence-electron chi connectivity index (χ0n) is 11.2. The molecule has 0 radical (unpaired) electrons. The molecule has 0 aromatic heterocycles. The van der Waals surface area contributed by atoms with Crippen LogP contribution in [0.1, 0.15) is 26.7 Å². The predicted molar refractivity (Wildman–Crippen MR) is 72.4 cm³/mol. The topological polar surface area (TPSA) is 31.3 Å². The lowest BCUT2D eigenvalue weighted by molar-refractivity contribution is -0.0110. The molecule has 0 aromatic carbocycles. The summed E-state index contributed by atoms with van der Waals surface area (Å²) in [4.78, 5) is 14.7. The summed E-state index contributed by atoms with van der Waals surface area (Å²) >= 11 is 0. The van der Waals surface area contributed by atoms with Crippen LogP contribution >= 0.6 is 0 Å². The van der Waals surface area contributed by atoms with Gasteiger partial charge in [-0.25, -0.2) is 4.99 Å². The molecule has 0 saturated heterocycles. The number of rotatable bonds is 4. The molecule has 0 amide bonds. The number of hydrogen-bond acceptors (Lipinski definition) is 5. The first-order chi connectivity index (χ1) is 8.85. The molecular weight excluding hydrogens is 228 g/mol. The first kappa shape index (κ1) is 13.0. The number of allylic oxidation sites excluding steroid dienone is 2. The fourth-order valence-electron chi connectivity index (χ4n) is 2.14. The number of hydroxylamine groups is 2. The first-order valence-corrected chi connectivity index (χ1v) is 6.66. The minimum atomic E-state index is 0.751. The average Bonchev–Trinajstić information content (AvgIpc) is 2.41. The molecule has 0 bridgehead atoms. The Bertz CT molecular complexity index is 351. The molecule has 0 aliphatic carbocycles. The molecule has 5 nitrogen and oxygen atoms in total. The third kappa shape index (κ3) is 3.04. The van der Waals surface area contributed by atoms with Crippen molar-refractivity contribution in [1.82, 2.24) is 14.9 Å². The molecule has 2 heterocycles. The highest BCUT2D eigenvalue weighted by Gasteiger charge is 2.24. The lowest BCUT2D eigenvalue weighted by atomic mass is 10.4. The molecular formula is C13H22N4O. The molecule has 2 rings (SSSR count). The van der Waals surface area contributed by atoms with Gasteiger partial charge in [-0.2, -0.15) is 5.06 Å². The third-order valence-electron chi connectivity index (χ3n) is 2.88. The molecule has 0 fully saturated rings. The van der Waals surface area contributed by atoms with Crippen molar-refractivity contribution >= 4 is 5.96 Å². The Morgan fingerprint density at radius 2 is 2.06 bits per heavy atom. The first-order valence-electron chi connectivity index (χ1n) is 6.66. The lowest BCUT2D eigenvalue weighted by Crippen LogP contribution is -2.51. The fourth-order valence-corrected chi connectivity index (χ4v) is 2.14. The molecule has 0 spiro atoms. The van der Waals surface area contributed by atoms with Crippen molar-refractivity contribution in [1.29, 1.82) is 0 Å². The van der Waals surface area contributed by atoms with Gasteiger partial charge in [0.2, 0.25) is 5.96 Å². The summed E-state index contributed by atoms with van der Waals surface area (Å²) in [6, 6.07) is 0. The molecule has 2 aliphatic rings. The molecule has 0 N–H and O–H groups in total. The van der Waals surface area contributed by atoms with Crippen LogP contribution in [0.3, 0.4) is 0 Å². The second kappa shape index (κ2) is 6.44. The highest BCUT2D eigenvalue weighted by Crippen LogP contribution is 2.12. The van der Waals surface area contributed by atoms with Gasteiger partial charge in [0.25, 0.3) is 0 Å². The van der Waals surface area contributed by atoms with Crippen LogP contribution < -0.4 is 0 Å². The summed E-state index contributed by atoms with van der Waals surface area (Å²) in [6.45, 7) is 8.15. The molecule has 18 heavy (non-hydrogen) atoms. The van der Waals surface area contributed by atoms with Gasteiger partial charge in [0, 0.05) is 19.3 Å². The molecule has 100 valence electrons. The number of guanidine groups is 1. The van der Waals surface area contributed by atoms with Crippen molar-refractivity contribution in [2.45, 2.75) is 26.7 Å². The average molecular weight is 250 g/mol. The van der Waals surface area contributed by atoms with Crippen LogP contribution in [0.15, 0.2) is 29.6 Å². The zero-order valence-corrected chi connectivity index (χ0v) is 11.2. The zero-order chi connectivity index (χ0) is 12.8. The molecule has 0 aromatic rings. The van der Waals surface area contributed by atoms with E-state index < -0.39 is 0 Å². The predicted octanol–water partition coefficient (Wildman–Crippen LogP) is 1.97. The van der Waals surface area contributed by atoms with Crippen LogP contribution in [-0.4, -0.2) is 47.2 Å². The van der Waals surface area contributed by atoms with E-state index >= 15 is 0 Å². The van der Waals surface area contributed by atoms with E-state index in [0.717, 1.165) is 45.2 Å². The summed E-state index contributed by atoms with van der Waals surface area (Å²) in [5.74, 6) is 0.907. The summed E-state index contributed by atoms with van der Waals surface area (Å²) < 4.78 is 0. The standard InChI is InChI=1S/C13H22N4O/c1-3-7-15-11-14-13(16(12-15)8-4-2)17-9-5-6-10-18-17/h5-6,9-10H,3-4,7-8,11-12H2,1-2H3. The quantitative estimate of drug-likeness (QED) is 0.763. The van der Waals surface area contributed by atoms with Gasteiger partial charge in [0.1, 0.15) is 6.26 Å². The second-order valence-corrected chi connectivity index (χ2v) is 4.50. The minimum absolute atomic E-state index is 0.751. The minimum Gasteiger partial charge on any atom is -0.380 e. The maximum absolute atomic E-state index is 5.46. The molecule has 0 atom stereocenters. The Hall–Kier alpha value is -1.49. The van der Waals surface area contributed by atoms with Gasteiger partial charge in [0.15, 0.2) is 0 Å². The van der Waals surface area contributed by atoms with E-state index in [1.165, 1.54) is 0 Å². The van der Waals surface area contributed by atoms with E-state index in [1.807, 2.05) is 18.4 Å². The third-order valence-corrected chi connectivity index (χ3v) is 2.88. The van der Waals surface area contributed by atoms with Crippen molar-refractivity contribution in [3.05, 3.63) is 24.6 Å². The summed E-state index contributed by atoms with van der Waals surface area (Å²) in [5, 5.41) is 1.74. The van der Waals surface area contributed by atoms with E-state index in [1.54, 1.807) is 11.3 Å². The number of aliphatic imine (C=N–C) groups is 1. The smallest absolute Gasteiger partial charge is 0.237 e. The molecule has 2 aliphatic heterocycles. The van der Waals surface area contributed by atoms with Crippen LogP contribution in [0.2, 0.25) is 0 Å². The van der Waals surface area contributed by atoms with E-state index in [-0.39, 0.29) is 0 Å². The van der Waals surface area contributed by atoms with Crippen LogP contribution in [0.4, 0.5) is 0 Å². The van der Waals surface area contributed by atoms with Crippen molar-refractivity contribution in [2.75, 3.05) is 26.4 Å². The van der Waals surface area contributed by atoms with Gasteiger partial charge in [-0.05, 0) is 25.0 Å². The molecule has 0 unspecified atom stereocenters. The Labute approximate surface area is 109 Å². The van der Waals surface area contributed by atoms with Crippen LogP contribution in [0, 0.1) is 0 Å². The van der Waals surface area contributed by atoms with Crippen LogP contribution in [0.5, 0.6) is 0 Å². The van der Waals surface area contributed by atoms with Crippen LogP contribution in [-0.2, 0) is 4.84 Å². The highest BCUT2D eigenvalue weighted by atomic mass is 16.7. The van der Waals surface area contributed by atoms with Gasteiger partial charge in [-0.15, -0.1) is 0 Å². The van der Waals surface area contributed by atoms with E-state index in [0.29, 0.717) is 0 Å². The van der Waals surface area contributed by atoms with Crippen LogP contribution in [0.25, 0.3) is 0 Å². The largest absolute Gasteiger partial charge is 0.380 e. The summed E-state index contributed by atoms with van der Waals surface area (Å²) in [7, 11) is 0. The van der Waals surface area contributed by atoms with Gasteiger partial charge < -0.3 is 9.74 Å². The van der Waals surface area contributed by atoms with Crippen molar-refractivity contribution in [2.24, 2.45) is 4.99 Å². The highest BCUT2D eigenvalue weighted by molar-refractivity contribution is 5.80. The monoisotopic (exact) mass is 250 g/mol. The van der Waals surface area contributed by atoms with E-state index in [4.69, 9.17) is 4.84 Å². The Morgan fingerprint density at radius 3 is 2.72 bits per heavy atom. The number of nitrogens with zero attached hydrogens (tertiary/aromatic N) is 4. The van der Waals surface area contributed by atoms with Crippen molar-refractivity contribution in [3.63, 3.8) is 0 Å². The Kier molecular flexibility index (Phi) is 4.64. The van der Waals surface area contributed by atoms with E-state index in [2.05, 4.69) is 28.6 Å².